The number of methoxy groups -OCH3 is 1. The minimum Gasteiger partial charge on any atom is -0.497 e. The van der Waals surface area contributed by atoms with Crippen LogP contribution in [-0.2, 0) is 11.3 Å². The standard InChI is InChI=1S/C21H25N3O2/c1-5-24-18-11-10-16(26-4)12-17(18)19(22)20(24)14-6-8-15(9-7-14)23-21(25)13(2)3/h6-13H,5,22H2,1-4H3,(H,23,25). The fourth-order valence-corrected chi connectivity index (χ4v) is 3.12. The number of hydrogen-bond donors (Lipinski definition) is 2. The number of aryl methyl sites for hydroxylation is 1. The molecule has 0 saturated carbocycles. The fraction of sp³-hybridized carbons (Fsp3) is 0.286. The molecule has 2 aromatic carbocycles. The van der Waals surface area contributed by atoms with Crippen LogP contribution in [0.5, 0.6) is 5.75 Å². The van der Waals surface area contributed by atoms with Crippen LogP contribution in [0.15, 0.2) is 42.5 Å². The van der Waals surface area contributed by atoms with Crippen molar-refractivity contribution in [2.75, 3.05) is 18.2 Å². The fourth-order valence-electron chi connectivity index (χ4n) is 3.12. The topological polar surface area (TPSA) is 69.3 Å². The number of hydrogen-bond acceptors (Lipinski definition) is 3. The number of anilines is 2. The molecular weight excluding hydrogens is 326 g/mol. The molecule has 0 saturated heterocycles. The Morgan fingerprint density at radius 2 is 1.88 bits per heavy atom. The molecule has 3 rings (SSSR count). The number of nitrogens with zero attached hydrogens (tertiary/aromatic N) is 1. The summed E-state index contributed by atoms with van der Waals surface area (Å²) in [5.74, 6) is 0.741. The van der Waals surface area contributed by atoms with E-state index in [0.29, 0.717) is 0 Å². The molecule has 0 fully saturated rings. The van der Waals surface area contributed by atoms with Crippen molar-refractivity contribution in [2.24, 2.45) is 5.92 Å². The number of aromatic nitrogens is 1. The van der Waals surface area contributed by atoms with E-state index in [1.165, 1.54) is 0 Å². The largest absolute Gasteiger partial charge is 0.497 e. The maximum Gasteiger partial charge on any atom is 0.226 e. The number of nitrogens with two attached hydrogens (primary N) is 1. The summed E-state index contributed by atoms with van der Waals surface area (Å²) >= 11 is 0. The first-order chi connectivity index (χ1) is 12.5. The molecular formula is C21H25N3O2. The zero-order chi connectivity index (χ0) is 18.8. The summed E-state index contributed by atoms with van der Waals surface area (Å²) < 4.78 is 7.53. The van der Waals surface area contributed by atoms with Crippen molar-refractivity contribution in [3.05, 3.63) is 42.5 Å². The van der Waals surface area contributed by atoms with E-state index in [1.54, 1.807) is 7.11 Å². The number of amides is 1. The predicted octanol–water partition coefficient (Wildman–Crippen LogP) is 4.51. The summed E-state index contributed by atoms with van der Waals surface area (Å²) in [5, 5.41) is 3.90. The third-order valence-electron chi connectivity index (χ3n) is 4.58. The van der Waals surface area contributed by atoms with Crippen LogP contribution in [0.4, 0.5) is 11.4 Å². The van der Waals surface area contributed by atoms with Gasteiger partial charge in [-0.1, -0.05) is 26.0 Å². The monoisotopic (exact) mass is 351 g/mol. The van der Waals surface area contributed by atoms with E-state index in [4.69, 9.17) is 10.5 Å². The normalized spacial score (nSPS) is 11.1. The summed E-state index contributed by atoms with van der Waals surface area (Å²) in [4.78, 5) is 11.9. The molecule has 5 nitrogen and oxygen atoms in total. The van der Waals surface area contributed by atoms with Gasteiger partial charge in [0, 0.05) is 29.1 Å². The van der Waals surface area contributed by atoms with Crippen LogP contribution in [0.2, 0.25) is 0 Å². The Kier molecular flexibility index (Phi) is 4.89. The minimum atomic E-state index is -0.0528. The molecule has 1 aromatic heterocycles. The van der Waals surface area contributed by atoms with Gasteiger partial charge in [0.25, 0.3) is 0 Å². The first kappa shape index (κ1) is 17.9. The van der Waals surface area contributed by atoms with Crippen LogP contribution in [0.1, 0.15) is 20.8 Å². The quantitative estimate of drug-likeness (QED) is 0.710. The SMILES string of the molecule is CCn1c(-c2ccc(NC(=O)C(C)C)cc2)c(N)c2cc(OC)ccc21. The molecule has 5 heteroatoms. The van der Waals surface area contributed by atoms with Crippen LogP contribution in [-0.4, -0.2) is 17.6 Å². The number of ether oxygens (including phenoxy) is 1. The number of benzene rings is 2. The molecule has 1 heterocycles. The van der Waals surface area contributed by atoms with E-state index in [1.807, 2.05) is 56.3 Å². The molecule has 26 heavy (non-hydrogen) atoms. The van der Waals surface area contributed by atoms with Crippen molar-refractivity contribution >= 4 is 28.2 Å². The zero-order valence-corrected chi connectivity index (χ0v) is 15.7. The first-order valence-electron chi connectivity index (χ1n) is 8.83. The maximum atomic E-state index is 11.9. The summed E-state index contributed by atoms with van der Waals surface area (Å²) in [7, 11) is 1.65. The molecule has 0 aliphatic rings. The summed E-state index contributed by atoms with van der Waals surface area (Å²) in [6.07, 6.45) is 0. The zero-order valence-electron chi connectivity index (χ0n) is 15.7. The van der Waals surface area contributed by atoms with Crippen molar-refractivity contribution in [1.82, 2.24) is 4.57 Å². The Bertz CT molecular complexity index is 940. The van der Waals surface area contributed by atoms with Gasteiger partial charge in [0.05, 0.1) is 24.0 Å². The molecule has 0 spiro atoms. The Morgan fingerprint density at radius 3 is 2.46 bits per heavy atom. The number of carbonyl (C=O) groups excluding carboxylic acids is 1. The second kappa shape index (κ2) is 7.12. The van der Waals surface area contributed by atoms with Crippen LogP contribution in [0.25, 0.3) is 22.2 Å². The van der Waals surface area contributed by atoms with Gasteiger partial charge in [-0.25, -0.2) is 0 Å². The number of carbonyl (C=O) groups is 1. The lowest BCUT2D eigenvalue weighted by Crippen LogP contribution is -2.17. The van der Waals surface area contributed by atoms with Crippen LogP contribution in [0, 0.1) is 5.92 Å². The van der Waals surface area contributed by atoms with E-state index in [2.05, 4.69) is 16.8 Å². The molecule has 0 aliphatic heterocycles. The van der Waals surface area contributed by atoms with Crippen LogP contribution >= 0.6 is 0 Å². The molecule has 0 atom stereocenters. The highest BCUT2D eigenvalue weighted by Gasteiger charge is 2.16. The van der Waals surface area contributed by atoms with Crippen LogP contribution < -0.4 is 15.8 Å². The minimum absolute atomic E-state index is 0.00651. The van der Waals surface area contributed by atoms with Crippen molar-refractivity contribution in [2.45, 2.75) is 27.3 Å². The summed E-state index contributed by atoms with van der Waals surface area (Å²) in [6.45, 7) is 6.65. The van der Waals surface area contributed by atoms with Crippen molar-refractivity contribution < 1.29 is 9.53 Å². The number of fused-ring (bicyclic) bond motifs is 1. The van der Waals surface area contributed by atoms with Gasteiger partial charge in [0.15, 0.2) is 0 Å². The number of nitrogen functional groups attached to an aromatic ring is 1. The Morgan fingerprint density at radius 1 is 1.19 bits per heavy atom. The highest BCUT2D eigenvalue weighted by Crippen LogP contribution is 2.38. The molecule has 0 bridgehead atoms. The molecule has 136 valence electrons. The molecule has 0 aliphatic carbocycles. The van der Waals surface area contributed by atoms with E-state index in [0.717, 1.165) is 45.8 Å². The van der Waals surface area contributed by atoms with E-state index >= 15 is 0 Å². The van der Waals surface area contributed by atoms with Gasteiger partial charge >= 0.3 is 0 Å². The Hall–Kier alpha value is -2.95. The highest BCUT2D eigenvalue weighted by atomic mass is 16.5. The lowest BCUT2D eigenvalue weighted by Gasteiger charge is -2.11. The molecule has 3 aromatic rings. The summed E-state index contributed by atoms with van der Waals surface area (Å²) in [5.41, 5.74) is 11.1. The van der Waals surface area contributed by atoms with Crippen LogP contribution in [0.3, 0.4) is 0 Å². The second-order valence-electron chi connectivity index (χ2n) is 6.61. The van der Waals surface area contributed by atoms with Gasteiger partial charge in [0.1, 0.15) is 5.75 Å². The maximum absolute atomic E-state index is 11.9. The Balaban J connectivity index is 2.04. The molecule has 0 unspecified atom stereocenters. The van der Waals surface area contributed by atoms with Gasteiger partial charge in [-0.2, -0.15) is 0 Å². The van der Waals surface area contributed by atoms with E-state index in [9.17, 15) is 4.79 Å². The van der Waals surface area contributed by atoms with Gasteiger partial charge in [-0.3, -0.25) is 4.79 Å². The Labute approximate surface area is 153 Å². The van der Waals surface area contributed by atoms with E-state index < -0.39 is 0 Å². The smallest absolute Gasteiger partial charge is 0.226 e. The van der Waals surface area contributed by atoms with Gasteiger partial charge in [-0.05, 0) is 37.3 Å². The highest BCUT2D eigenvalue weighted by molar-refractivity contribution is 6.01. The predicted molar refractivity (Wildman–Crippen MR) is 107 cm³/mol. The lowest BCUT2D eigenvalue weighted by molar-refractivity contribution is -0.118. The summed E-state index contributed by atoms with van der Waals surface area (Å²) in [6, 6.07) is 13.8. The third-order valence-corrected chi connectivity index (χ3v) is 4.58. The van der Waals surface area contributed by atoms with Gasteiger partial charge in [0.2, 0.25) is 5.91 Å². The molecule has 3 N–H and O–H groups in total. The third kappa shape index (κ3) is 3.12. The lowest BCUT2D eigenvalue weighted by atomic mass is 10.1. The first-order valence-corrected chi connectivity index (χ1v) is 8.83. The van der Waals surface area contributed by atoms with E-state index in [-0.39, 0.29) is 11.8 Å². The van der Waals surface area contributed by atoms with Gasteiger partial charge in [-0.15, -0.1) is 0 Å². The molecule has 0 radical (unpaired) electrons. The average molecular weight is 351 g/mol. The number of rotatable bonds is 5. The number of nitrogens with one attached hydrogen (secondary N) is 1. The average Bonchev–Trinajstić information content (AvgIpc) is 2.93. The molecule has 1 amide bonds. The van der Waals surface area contributed by atoms with Gasteiger partial charge < -0.3 is 20.4 Å². The van der Waals surface area contributed by atoms with Crippen molar-refractivity contribution in [3.8, 4) is 17.0 Å². The van der Waals surface area contributed by atoms with Crippen molar-refractivity contribution in [1.29, 1.82) is 0 Å². The van der Waals surface area contributed by atoms with Crippen molar-refractivity contribution in [3.63, 3.8) is 0 Å². The second-order valence-corrected chi connectivity index (χ2v) is 6.61.